The number of para-hydroxylation sites is 2. The first-order chi connectivity index (χ1) is 9.94. The maximum Gasteiger partial charge on any atom is 0.422 e. The minimum Gasteiger partial charge on any atom is -0.482 e. The molecule has 116 valence electrons. The van der Waals surface area contributed by atoms with Crippen LogP contribution in [0.15, 0.2) is 24.3 Å². The SMILES string of the molecule is O=C(CC1CCCN1)Nc1ccccc1OCC(F)(F)F. The molecule has 0 aliphatic carbocycles. The fraction of sp³-hybridized carbons (Fsp3) is 0.500. The highest BCUT2D eigenvalue weighted by molar-refractivity contribution is 5.92. The van der Waals surface area contributed by atoms with E-state index in [0.717, 1.165) is 19.4 Å². The zero-order chi connectivity index (χ0) is 15.3. The van der Waals surface area contributed by atoms with Crippen molar-refractivity contribution in [2.24, 2.45) is 0 Å². The summed E-state index contributed by atoms with van der Waals surface area (Å²) in [5.41, 5.74) is 0.254. The Morgan fingerprint density at radius 3 is 2.81 bits per heavy atom. The number of rotatable bonds is 5. The topological polar surface area (TPSA) is 50.4 Å². The van der Waals surface area contributed by atoms with Gasteiger partial charge in [0.1, 0.15) is 5.75 Å². The molecule has 0 bridgehead atoms. The van der Waals surface area contributed by atoms with Gasteiger partial charge in [0.15, 0.2) is 6.61 Å². The summed E-state index contributed by atoms with van der Waals surface area (Å²) in [6.07, 6.45) is -2.15. The first-order valence-electron chi connectivity index (χ1n) is 6.76. The Balaban J connectivity index is 1.93. The number of alkyl halides is 3. The van der Waals surface area contributed by atoms with E-state index in [1.807, 2.05) is 0 Å². The van der Waals surface area contributed by atoms with Crippen molar-refractivity contribution in [3.63, 3.8) is 0 Å². The predicted molar refractivity (Wildman–Crippen MR) is 72.3 cm³/mol. The van der Waals surface area contributed by atoms with Gasteiger partial charge in [-0.2, -0.15) is 13.2 Å². The number of carbonyl (C=O) groups is 1. The average molecular weight is 302 g/mol. The second-order valence-corrected chi connectivity index (χ2v) is 4.95. The highest BCUT2D eigenvalue weighted by Crippen LogP contribution is 2.26. The standard InChI is InChI=1S/C14H17F3N2O2/c15-14(16,17)9-21-12-6-2-1-5-11(12)19-13(20)8-10-4-3-7-18-10/h1-2,5-6,10,18H,3-4,7-9H2,(H,19,20). The lowest BCUT2D eigenvalue weighted by molar-refractivity contribution is -0.153. The fourth-order valence-corrected chi connectivity index (χ4v) is 2.21. The second kappa shape index (κ2) is 6.80. The first kappa shape index (κ1) is 15.6. The van der Waals surface area contributed by atoms with Crippen LogP contribution in [0, 0.1) is 0 Å². The van der Waals surface area contributed by atoms with Crippen molar-refractivity contribution < 1.29 is 22.7 Å². The first-order valence-corrected chi connectivity index (χ1v) is 6.76. The van der Waals surface area contributed by atoms with Gasteiger partial charge in [0, 0.05) is 12.5 Å². The molecule has 1 unspecified atom stereocenters. The molecule has 2 N–H and O–H groups in total. The highest BCUT2D eigenvalue weighted by Gasteiger charge is 2.29. The van der Waals surface area contributed by atoms with Crippen LogP contribution in [0.4, 0.5) is 18.9 Å². The van der Waals surface area contributed by atoms with Gasteiger partial charge in [0.05, 0.1) is 5.69 Å². The Bertz CT molecular complexity index is 485. The summed E-state index contributed by atoms with van der Waals surface area (Å²) in [5.74, 6) is -0.222. The smallest absolute Gasteiger partial charge is 0.422 e. The average Bonchev–Trinajstić information content (AvgIpc) is 2.89. The van der Waals surface area contributed by atoms with E-state index in [9.17, 15) is 18.0 Å². The molecule has 1 aromatic rings. The quantitative estimate of drug-likeness (QED) is 0.879. The van der Waals surface area contributed by atoms with Crippen molar-refractivity contribution >= 4 is 11.6 Å². The third-order valence-electron chi connectivity index (χ3n) is 3.15. The van der Waals surface area contributed by atoms with E-state index in [-0.39, 0.29) is 23.4 Å². The van der Waals surface area contributed by atoms with Crippen LogP contribution in [0.1, 0.15) is 19.3 Å². The number of hydrogen-bond donors (Lipinski definition) is 2. The van der Waals surface area contributed by atoms with Gasteiger partial charge >= 0.3 is 6.18 Å². The number of hydrogen-bond acceptors (Lipinski definition) is 3. The van der Waals surface area contributed by atoms with E-state index in [0.29, 0.717) is 6.42 Å². The molecule has 1 aliphatic heterocycles. The number of carbonyl (C=O) groups excluding carboxylic acids is 1. The summed E-state index contributed by atoms with van der Waals surface area (Å²) >= 11 is 0. The maximum atomic E-state index is 12.2. The summed E-state index contributed by atoms with van der Waals surface area (Å²) in [6.45, 7) is -0.493. The molecule has 21 heavy (non-hydrogen) atoms. The normalized spacial score (nSPS) is 18.5. The summed E-state index contributed by atoms with van der Waals surface area (Å²) in [4.78, 5) is 11.9. The molecular weight excluding hydrogens is 285 g/mol. The van der Waals surface area contributed by atoms with Gasteiger partial charge < -0.3 is 15.4 Å². The number of ether oxygens (including phenoxy) is 1. The van der Waals surface area contributed by atoms with E-state index in [2.05, 4.69) is 10.6 Å². The van der Waals surface area contributed by atoms with E-state index >= 15 is 0 Å². The zero-order valence-electron chi connectivity index (χ0n) is 11.4. The molecule has 4 nitrogen and oxygen atoms in total. The molecule has 1 aliphatic rings. The van der Waals surface area contributed by atoms with Gasteiger partial charge in [-0.1, -0.05) is 12.1 Å². The molecule has 7 heteroatoms. The molecule has 1 atom stereocenters. The van der Waals surface area contributed by atoms with Crippen LogP contribution in [0.5, 0.6) is 5.75 Å². The Morgan fingerprint density at radius 1 is 1.38 bits per heavy atom. The maximum absolute atomic E-state index is 12.2. The molecule has 1 saturated heterocycles. The minimum absolute atomic E-state index is 0.0163. The lowest BCUT2D eigenvalue weighted by Gasteiger charge is -2.15. The molecular formula is C14H17F3N2O2. The number of amides is 1. The van der Waals surface area contributed by atoms with Gasteiger partial charge in [-0.15, -0.1) is 0 Å². The summed E-state index contributed by atoms with van der Waals surface area (Å²) in [6, 6.07) is 6.23. The molecule has 1 heterocycles. The highest BCUT2D eigenvalue weighted by atomic mass is 19.4. The lowest BCUT2D eigenvalue weighted by Crippen LogP contribution is -2.27. The Kier molecular flexibility index (Phi) is 5.06. The summed E-state index contributed by atoms with van der Waals surface area (Å²) in [5, 5.41) is 5.79. The van der Waals surface area contributed by atoms with Crippen LogP contribution in [0.2, 0.25) is 0 Å². The Hall–Kier alpha value is -1.76. The summed E-state index contributed by atoms with van der Waals surface area (Å²) in [7, 11) is 0. The number of anilines is 1. The van der Waals surface area contributed by atoms with E-state index < -0.39 is 12.8 Å². The van der Waals surface area contributed by atoms with Crippen molar-refractivity contribution in [3.8, 4) is 5.75 Å². The second-order valence-electron chi connectivity index (χ2n) is 4.95. The van der Waals surface area contributed by atoms with Crippen LogP contribution >= 0.6 is 0 Å². The van der Waals surface area contributed by atoms with Crippen molar-refractivity contribution in [2.75, 3.05) is 18.5 Å². The fourth-order valence-electron chi connectivity index (χ4n) is 2.21. The molecule has 0 saturated carbocycles. The third kappa shape index (κ3) is 5.26. The van der Waals surface area contributed by atoms with Crippen LogP contribution in [0.3, 0.4) is 0 Å². The molecule has 1 fully saturated rings. The summed E-state index contributed by atoms with van der Waals surface area (Å²) < 4.78 is 41.3. The van der Waals surface area contributed by atoms with Crippen LogP contribution in [-0.2, 0) is 4.79 Å². The Morgan fingerprint density at radius 2 is 2.14 bits per heavy atom. The molecule has 2 rings (SSSR count). The van der Waals surface area contributed by atoms with Gasteiger partial charge in [0.25, 0.3) is 0 Å². The molecule has 1 aromatic carbocycles. The van der Waals surface area contributed by atoms with E-state index in [4.69, 9.17) is 4.74 Å². The third-order valence-corrected chi connectivity index (χ3v) is 3.15. The van der Waals surface area contributed by atoms with Gasteiger partial charge in [-0.3, -0.25) is 4.79 Å². The molecule has 0 radical (unpaired) electrons. The number of benzene rings is 1. The lowest BCUT2D eigenvalue weighted by atomic mass is 10.1. The molecule has 1 amide bonds. The minimum atomic E-state index is -4.41. The monoisotopic (exact) mass is 302 g/mol. The van der Waals surface area contributed by atoms with E-state index in [1.165, 1.54) is 12.1 Å². The zero-order valence-corrected chi connectivity index (χ0v) is 11.4. The van der Waals surface area contributed by atoms with Crippen molar-refractivity contribution in [3.05, 3.63) is 24.3 Å². The van der Waals surface area contributed by atoms with Crippen molar-refractivity contribution in [1.82, 2.24) is 5.32 Å². The van der Waals surface area contributed by atoms with Gasteiger partial charge in [-0.25, -0.2) is 0 Å². The van der Waals surface area contributed by atoms with Crippen molar-refractivity contribution in [1.29, 1.82) is 0 Å². The van der Waals surface area contributed by atoms with Crippen LogP contribution in [-0.4, -0.2) is 31.3 Å². The molecule has 0 spiro atoms. The number of nitrogens with one attached hydrogen (secondary N) is 2. The largest absolute Gasteiger partial charge is 0.482 e. The van der Waals surface area contributed by atoms with E-state index in [1.54, 1.807) is 12.1 Å². The van der Waals surface area contributed by atoms with Gasteiger partial charge in [-0.05, 0) is 31.5 Å². The van der Waals surface area contributed by atoms with Crippen molar-refractivity contribution in [2.45, 2.75) is 31.5 Å². The van der Waals surface area contributed by atoms with Crippen LogP contribution < -0.4 is 15.4 Å². The van der Waals surface area contributed by atoms with Crippen LogP contribution in [0.25, 0.3) is 0 Å². The predicted octanol–water partition coefficient (Wildman–Crippen LogP) is 2.71. The molecule has 0 aromatic heterocycles. The number of halogens is 3. The Labute approximate surface area is 120 Å². The van der Waals surface area contributed by atoms with Gasteiger partial charge in [0.2, 0.25) is 5.91 Å².